The first kappa shape index (κ1) is 17.1. The standard InChI is InChI=1S/C17H20N4O4/c1-24-10-9-20-7-2-8-21(11-15(20)22)17(23)14-5-3-13(4-6-14)16-18-12-25-19-16/h3-6,12H,2,7-11H2,1H3. The van der Waals surface area contributed by atoms with E-state index in [-0.39, 0.29) is 18.4 Å². The predicted octanol–water partition coefficient (Wildman–Crippen LogP) is 1.06. The van der Waals surface area contributed by atoms with E-state index >= 15 is 0 Å². The normalized spacial score (nSPS) is 15.3. The summed E-state index contributed by atoms with van der Waals surface area (Å²) in [6.07, 6.45) is 2.01. The molecule has 0 atom stereocenters. The molecule has 0 spiro atoms. The molecule has 2 amide bonds. The molecular weight excluding hydrogens is 324 g/mol. The molecule has 1 aromatic carbocycles. The number of hydrogen-bond donors (Lipinski definition) is 0. The van der Waals surface area contributed by atoms with Gasteiger partial charge < -0.3 is 19.1 Å². The Bertz CT molecular complexity index is 715. The summed E-state index contributed by atoms with van der Waals surface area (Å²) in [7, 11) is 1.61. The van der Waals surface area contributed by atoms with Gasteiger partial charge in [0.1, 0.15) is 6.54 Å². The predicted molar refractivity (Wildman–Crippen MR) is 88.7 cm³/mol. The van der Waals surface area contributed by atoms with Crippen LogP contribution in [0.25, 0.3) is 11.4 Å². The number of ether oxygens (including phenoxy) is 1. The molecule has 0 bridgehead atoms. The Balaban J connectivity index is 1.67. The van der Waals surface area contributed by atoms with E-state index in [0.717, 1.165) is 12.0 Å². The van der Waals surface area contributed by atoms with Crippen LogP contribution >= 0.6 is 0 Å². The highest BCUT2D eigenvalue weighted by Gasteiger charge is 2.25. The van der Waals surface area contributed by atoms with Crippen LogP contribution < -0.4 is 0 Å². The fourth-order valence-electron chi connectivity index (χ4n) is 2.77. The molecule has 2 aromatic rings. The smallest absolute Gasteiger partial charge is 0.254 e. The summed E-state index contributed by atoms with van der Waals surface area (Å²) in [6.45, 7) is 2.34. The van der Waals surface area contributed by atoms with Crippen LogP contribution in [0.1, 0.15) is 16.8 Å². The summed E-state index contributed by atoms with van der Waals surface area (Å²) < 4.78 is 9.75. The lowest BCUT2D eigenvalue weighted by Gasteiger charge is -2.21. The minimum atomic E-state index is -0.151. The van der Waals surface area contributed by atoms with Gasteiger partial charge in [-0.1, -0.05) is 17.3 Å². The molecule has 0 saturated carbocycles. The van der Waals surface area contributed by atoms with Gasteiger partial charge in [-0.15, -0.1) is 0 Å². The van der Waals surface area contributed by atoms with Gasteiger partial charge in [0.25, 0.3) is 5.91 Å². The van der Waals surface area contributed by atoms with Crippen molar-refractivity contribution in [3.63, 3.8) is 0 Å². The number of nitrogens with zero attached hydrogens (tertiary/aromatic N) is 4. The number of amides is 2. The van der Waals surface area contributed by atoms with Crippen molar-refractivity contribution in [2.24, 2.45) is 0 Å². The van der Waals surface area contributed by atoms with E-state index in [1.165, 1.54) is 6.39 Å². The van der Waals surface area contributed by atoms with Crippen molar-refractivity contribution < 1.29 is 18.8 Å². The maximum Gasteiger partial charge on any atom is 0.254 e. The fourth-order valence-corrected chi connectivity index (χ4v) is 2.77. The van der Waals surface area contributed by atoms with Crippen molar-refractivity contribution in [2.45, 2.75) is 6.42 Å². The molecule has 8 heteroatoms. The summed E-state index contributed by atoms with van der Waals surface area (Å²) >= 11 is 0. The number of methoxy groups -OCH3 is 1. The molecule has 1 saturated heterocycles. The minimum absolute atomic E-state index is 0.0497. The SMILES string of the molecule is COCCN1CCCN(C(=O)c2ccc(-c3ncon3)cc2)CC1=O. The summed E-state index contributed by atoms with van der Waals surface area (Å²) in [5.74, 6) is 0.269. The van der Waals surface area contributed by atoms with Gasteiger partial charge in [-0.25, -0.2) is 0 Å². The second-order valence-corrected chi connectivity index (χ2v) is 5.79. The molecule has 1 aliphatic rings. The van der Waals surface area contributed by atoms with Crippen LogP contribution in [0.15, 0.2) is 35.2 Å². The van der Waals surface area contributed by atoms with Crippen LogP contribution in [0.5, 0.6) is 0 Å². The summed E-state index contributed by atoms with van der Waals surface area (Å²) in [5, 5.41) is 3.76. The van der Waals surface area contributed by atoms with Crippen LogP contribution in [0.4, 0.5) is 0 Å². The third kappa shape index (κ3) is 4.03. The van der Waals surface area contributed by atoms with Gasteiger partial charge >= 0.3 is 0 Å². The first-order chi connectivity index (χ1) is 12.2. The van der Waals surface area contributed by atoms with Crippen LogP contribution in [0.2, 0.25) is 0 Å². The number of aromatic nitrogens is 2. The Hall–Kier alpha value is -2.74. The molecule has 1 fully saturated rings. The Morgan fingerprint density at radius 3 is 2.76 bits per heavy atom. The Morgan fingerprint density at radius 1 is 1.28 bits per heavy atom. The number of benzene rings is 1. The lowest BCUT2D eigenvalue weighted by molar-refractivity contribution is -0.131. The van der Waals surface area contributed by atoms with Crippen molar-refractivity contribution in [2.75, 3.05) is 39.9 Å². The Labute approximate surface area is 145 Å². The topological polar surface area (TPSA) is 88.8 Å². The van der Waals surface area contributed by atoms with Gasteiger partial charge in [-0.05, 0) is 18.6 Å². The number of rotatable bonds is 5. The third-order valence-electron chi connectivity index (χ3n) is 4.14. The van der Waals surface area contributed by atoms with Crippen LogP contribution in [-0.2, 0) is 9.53 Å². The molecule has 2 heterocycles. The molecule has 0 aliphatic carbocycles. The molecule has 132 valence electrons. The van der Waals surface area contributed by atoms with Crippen molar-refractivity contribution in [1.29, 1.82) is 0 Å². The molecule has 25 heavy (non-hydrogen) atoms. The highest BCUT2D eigenvalue weighted by Crippen LogP contribution is 2.17. The fraction of sp³-hybridized carbons (Fsp3) is 0.412. The molecule has 0 radical (unpaired) electrons. The van der Waals surface area contributed by atoms with Crippen molar-refractivity contribution in [3.8, 4) is 11.4 Å². The zero-order valence-electron chi connectivity index (χ0n) is 14.1. The lowest BCUT2D eigenvalue weighted by Crippen LogP contribution is -2.40. The number of carbonyl (C=O) groups excluding carboxylic acids is 2. The van der Waals surface area contributed by atoms with Gasteiger partial charge in [0.2, 0.25) is 18.1 Å². The quantitative estimate of drug-likeness (QED) is 0.806. The monoisotopic (exact) mass is 344 g/mol. The van der Waals surface area contributed by atoms with Gasteiger partial charge in [0.05, 0.1) is 6.61 Å². The van der Waals surface area contributed by atoms with Gasteiger partial charge in [-0.2, -0.15) is 4.98 Å². The van der Waals surface area contributed by atoms with Gasteiger partial charge in [0.15, 0.2) is 0 Å². The summed E-state index contributed by atoms with van der Waals surface area (Å²) in [6, 6.07) is 6.96. The molecule has 1 aliphatic heterocycles. The van der Waals surface area contributed by atoms with Crippen LogP contribution in [-0.4, -0.2) is 71.7 Å². The molecule has 0 unspecified atom stereocenters. The van der Waals surface area contributed by atoms with Crippen molar-refractivity contribution in [1.82, 2.24) is 19.9 Å². The molecule has 0 N–H and O–H groups in total. The second kappa shape index (κ2) is 7.89. The first-order valence-electron chi connectivity index (χ1n) is 8.12. The zero-order valence-corrected chi connectivity index (χ0v) is 14.1. The van der Waals surface area contributed by atoms with E-state index in [2.05, 4.69) is 10.1 Å². The maximum absolute atomic E-state index is 12.7. The molecule has 1 aromatic heterocycles. The highest BCUT2D eigenvalue weighted by atomic mass is 16.5. The van der Waals surface area contributed by atoms with Gasteiger partial charge in [0, 0.05) is 37.9 Å². The van der Waals surface area contributed by atoms with E-state index in [4.69, 9.17) is 9.26 Å². The van der Waals surface area contributed by atoms with Gasteiger partial charge in [-0.3, -0.25) is 9.59 Å². The number of hydrogen-bond acceptors (Lipinski definition) is 6. The molecular formula is C17H20N4O4. The Kier molecular flexibility index (Phi) is 5.39. The summed E-state index contributed by atoms with van der Waals surface area (Å²) in [4.78, 5) is 32.3. The second-order valence-electron chi connectivity index (χ2n) is 5.79. The minimum Gasteiger partial charge on any atom is -0.383 e. The van der Waals surface area contributed by atoms with Crippen molar-refractivity contribution >= 4 is 11.8 Å². The van der Waals surface area contributed by atoms with E-state index < -0.39 is 0 Å². The largest absolute Gasteiger partial charge is 0.383 e. The van der Waals surface area contributed by atoms with E-state index in [9.17, 15) is 9.59 Å². The Morgan fingerprint density at radius 2 is 2.08 bits per heavy atom. The van der Waals surface area contributed by atoms with Crippen molar-refractivity contribution in [3.05, 3.63) is 36.2 Å². The van der Waals surface area contributed by atoms with E-state index in [0.29, 0.717) is 37.6 Å². The average molecular weight is 344 g/mol. The number of carbonyl (C=O) groups is 2. The zero-order chi connectivity index (χ0) is 17.6. The van der Waals surface area contributed by atoms with E-state index in [1.807, 2.05) is 0 Å². The molecule has 3 rings (SSSR count). The highest BCUT2D eigenvalue weighted by molar-refractivity contribution is 5.97. The summed E-state index contributed by atoms with van der Waals surface area (Å²) in [5.41, 5.74) is 1.30. The third-order valence-corrected chi connectivity index (χ3v) is 4.14. The van der Waals surface area contributed by atoms with Crippen LogP contribution in [0, 0.1) is 0 Å². The molecule has 8 nitrogen and oxygen atoms in total. The lowest BCUT2D eigenvalue weighted by atomic mass is 10.1. The van der Waals surface area contributed by atoms with E-state index in [1.54, 1.807) is 41.2 Å². The first-order valence-corrected chi connectivity index (χ1v) is 8.12. The van der Waals surface area contributed by atoms with Crippen LogP contribution in [0.3, 0.4) is 0 Å². The maximum atomic E-state index is 12.7. The average Bonchev–Trinajstić information content (AvgIpc) is 3.11.